The number of nitrogens with zero attached hydrogens (tertiary/aromatic N) is 2. The minimum atomic E-state index is -4.22. The van der Waals surface area contributed by atoms with Gasteiger partial charge in [-0.05, 0) is 66.9 Å². The molecule has 0 saturated carbocycles. The van der Waals surface area contributed by atoms with Gasteiger partial charge in [0.15, 0.2) is 0 Å². The third kappa shape index (κ3) is 8.12. The van der Waals surface area contributed by atoms with Crippen molar-refractivity contribution in [2.24, 2.45) is 0 Å². The Hall–Kier alpha value is -3.56. The van der Waals surface area contributed by atoms with Crippen molar-refractivity contribution < 1.29 is 18.0 Å². The number of amides is 2. The molecule has 4 aromatic rings. The Morgan fingerprint density at radius 3 is 2.07 bits per heavy atom. The molecule has 1 N–H and O–H groups in total. The minimum absolute atomic E-state index is 0.00471. The highest BCUT2D eigenvalue weighted by Crippen LogP contribution is 2.29. The molecule has 0 aliphatic carbocycles. The normalized spacial score (nSPS) is 11.9. The van der Waals surface area contributed by atoms with Gasteiger partial charge in [0.25, 0.3) is 10.0 Å². The second-order valence-electron chi connectivity index (χ2n) is 10.1. The summed E-state index contributed by atoms with van der Waals surface area (Å²) >= 11 is 18.9. The van der Waals surface area contributed by atoms with Crippen molar-refractivity contribution >= 4 is 62.3 Å². The van der Waals surface area contributed by atoms with Crippen LogP contribution in [0.3, 0.4) is 0 Å². The molecule has 230 valence electrons. The SMILES string of the molecule is CCNC(=O)[C@H](Cc1ccccc1)N(Cc1ccc(Cl)c(Cl)c1)C(=O)CN(c1ccc(C)c(Cl)c1)S(=O)(=O)c1ccccc1. The summed E-state index contributed by atoms with van der Waals surface area (Å²) in [6.07, 6.45) is 0.196. The molecule has 1 atom stereocenters. The highest BCUT2D eigenvalue weighted by Gasteiger charge is 2.34. The lowest BCUT2D eigenvalue weighted by Crippen LogP contribution is -2.53. The molecule has 0 heterocycles. The topological polar surface area (TPSA) is 86.8 Å². The molecular formula is C33H32Cl3N3O4S. The highest BCUT2D eigenvalue weighted by atomic mass is 35.5. The number of carbonyl (C=O) groups is 2. The second kappa shape index (κ2) is 14.9. The monoisotopic (exact) mass is 671 g/mol. The predicted molar refractivity (Wildman–Crippen MR) is 177 cm³/mol. The summed E-state index contributed by atoms with van der Waals surface area (Å²) in [5.74, 6) is -0.972. The van der Waals surface area contributed by atoms with E-state index in [0.29, 0.717) is 22.2 Å². The van der Waals surface area contributed by atoms with Crippen LogP contribution in [0.15, 0.2) is 102 Å². The Labute approximate surface area is 273 Å². The maximum Gasteiger partial charge on any atom is 0.264 e. The highest BCUT2D eigenvalue weighted by molar-refractivity contribution is 7.92. The van der Waals surface area contributed by atoms with Crippen LogP contribution in [0.5, 0.6) is 0 Å². The number of hydrogen-bond donors (Lipinski definition) is 1. The number of anilines is 1. The van der Waals surface area contributed by atoms with Crippen molar-refractivity contribution in [3.63, 3.8) is 0 Å². The van der Waals surface area contributed by atoms with Gasteiger partial charge >= 0.3 is 0 Å². The third-order valence-electron chi connectivity index (χ3n) is 7.01. The fourth-order valence-electron chi connectivity index (χ4n) is 4.67. The second-order valence-corrected chi connectivity index (χ2v) is 13.2. The van der Waals surface area contributed by atoms with Crippen LogP contribution >= 0.6 is 34.8 Å². The van der Waals surface area contributed by atoms with E-state index in [1.807, 2.05) is 30.3 Å². The quantitative estimate of drug-likeness (QED) is 0.177. The maximum absolute atomic E-state index is 14.4. The van der Waals surface area contributed by atoms with Gasteiger partial charge in [-0.2, -0.15) is 0 Å². The molecule has 0 radical (unpaired) electrons. The van der Waals surface area contributed by atoms with E-state index in [1.54, 1.807) is 62.4 Å². The molecule has 0 bridgehead atoms. The lowest BCUT2D eigenvalue weighted by atomic mass is 10.0. The van der Waals surface area contributed by atoms with E-state index >= 15 is 0 Å². The minimum Gasteiger partial charge on any atom is -0.355 e. The number of carbonyl (C=O) groups excluding carboxylic acids is 2. The smallest absolute Gasteiger partial charge is 0.264 e. The van der Waals surface area contributed by atoms with E-state index in [-0.39, 0.29) is 34.5 Å². The molecule has 0 aliphatic heterocycles. The van der Waals surface area contributed by atoms with Gasteiger partial charge in [-0.25, -0.2) is 8.42 Å². The number of likely N-dealkylation sites (N-methyl/N-ethyl adjacent to an activating group) is 1. The number of rotatable bonds is 12. The first-order valence-corrected chi connectivity index (χ1v) is 16.5. The number of sulfonamides is 1. The molecule has 11 heteroatoms. The molecule has 0 aromatic heterocycles. The first-order valence-electron chi connectivity index (χ1n) is 13.9. The molecular weight excluding hydrogens is 641 g/mol. The average Bonchev–Trinajstić information content (AvgIpc) is 3.01. The summed E-state index contributed by atoms with van der Waals surface area (Å²) in [7, 11) is -4.22. The van der Waals surface area contributed by atoms with E-state index in [9.17, 15) is 18.0 Å². The molecule has 0 aliphatic rings. The average molecular weight is 673 g/mol. The number of nitrogens with one attached hydrogen (secondary N) is 1. The van der Waals surface area contributed by atoms with Crippen LogP contribution < -0.4 is 9.62 Å². The van der Waals surface area contributed by atoms with Crippen LogP contribution in [0, 0.1) is 6.92 Å². The Balaban J connectivity index is 1.82. The van der Waals surface area contributed by atoms with E-state index < -0.39 is 28.5 Å². The van der Waals surface area contributed by atoms with Crippen molar-refractivity contribution in [3.8, 4) is 0 Å². The zero-order valence-electron chi connectivity index (χ0n) is 24.2. The molecule has 0 unspecified atom stereocenters. The molecule has 4 aromatic carbocycles. The molecule has 0 saturated heterocycles. The summed E-state index contributed by atoms with van der Waals surface area (Å²) in [4.78, 5) is 29.4. The molecule has 0 fully saturated rings. The van der Waals surface area contributed by atoms with Gasteiger partial charge in [0, 0.05) is 24.5 Å². The lowest BCUT2D eigenvalue weighted by Gasteiger charge is -2.34. The van der Waals surface area contributed by atoms with Crippen LogP contribution in [0.25, 0.3) is 0 Å². The number of aryl methyl sites for hydroxylation is 1. The Morgan fingerprint density at radius 2 is 1.45 bits per heavy atom. The fraction of sp³-hybridized carbons (Fsp3) is 0.212. The number of benzene rings is 4. The van der Waals surface area contributed by atoms with Gasteiger partial charge < -0.3 is 10.2 Å². The third-order valence-corrected chi connectivity index (χ3v) is 9.95. The van der Waals surface area contributed by atoms with Crippen molar-refractivity contribution in [2.75, 3.05) is 17.4 Å². The van der Waals surface area contributed by atoms with E-state index in [4.69, 9.17) is 34.8 Å². The van der Waals surface area contributed by atoms with Gasteiger partial charge in [0.2, 0.25) is 11.8 Å². The first-order chi connectivity index (χ1) is 21.0. The summed E-state index contributed by atoms with van der Waals surface area (Å²) < 4.78 is 29.1. The molecule has 4 rings (SSSR count). The summed E-state index contributed by atoms with van der Waals surface area (Å²) in [5, 5.41) is 3.81. The zero-order chi connectivity index (χ0) is 31.9. The van der Waals surface area contributed by atoms with E-state index in [1.165, 1.54) is 23.1 Å². The van der Waals surface area contributed by atoms with Crippen molar-refractivity contribution in [1.29, 1.82) is 0 Å². The zero-order valence-corrected chi connectivity index (χ0v) is 27.3. The number of hydrogen-bond acceptors (Lipinski definition) is 4. The van der Waals surface area contributed by atoms with Crippen LogP contribution in [0.2, 0.25) is 15.1 Å². The van der Waals surface area contributed by atoms with Crippen LogP contribution in [-0.4, -0.2) is 44.3 Å². The Morgan fingerprint density at radius 1 is 0.795 bits per heavy atom. The van der Waals surface area contributed by atoms with Gasteiger partial charge in [0.1, 0.15) is 12.6 Å². The lowest BCUT2D eigenvalue weighted by molar-refractivity contribution is -0.140. The first kappa shape index (κ1) is 33.3. The summed E-state index contributed by atoms with van der Waals surface area (Å²) in [6.45, 7) is 3.31. The largest absolute Gasteiger partial charge is 0.355 e. The molecule has 7 nitrogen and oxygen atoms in total. The Kier molecular flexibility index (Phi) is 11.3. The number of halogens is 3. The van der Waals surface area contributed by atoms with Crippen molar-refractivity contribution in [1.82, 2.24) is 10.2 Å². The predicted octanol–water partition coefficient (Wildman–Crippen LogP) is 6.93. The molecule has 2 amide bonds. The van der Waals surface area contributed by atoms with E-state index in [2.05, 4.69) is 5.32 Å². The van der Waals surface area contributed by atoms with Gasteiger partial charge in [-0.1, -0.05) is 95.5 Å². The van der Waals surface area contributed by atoms with Crippen molar-refractivity contribution in [3.05, 3.63) is 129 Å². The standard InChI is InChI=1S/C33H32Cl3N3O4S/c1-3-37-33(41)31(19-24-10-6-4-7-11-24)38(21-25-15-17-28(34)30(36)18-25)32(40)22-39(26-16-14-23(2)29(35)20-26)44(42,43)27-12-8-5-9-13-27/h4-18,20,31H,3,19,21-22H2,1-2H3,(H,37,41)/t31-/m0/s1. The summed E-state index contributed by atoms with van der Waals surface area (Å²) in [5.41, 5.74) is 2.41. The van der Waals surface area contributed by atoms with Crippen molar-refractivity contribution in [2.45, 2.75) is 37.8 Å². The van der Waals surface area contributed by atoms with Crippen LogP contribution in [0.4, 0.5) is 5.69 Å². The van der Waals surface area contributed by atoms with Gasteiger partial charge in [-0.3, -0.25) is 13.9 Å². The van der Waals surface area contributed by atoms with Crippen LogP contribution in [-0.2, 0) is 32.6 Å². The van der Waals surface area contributed by atoms with Crippen LogP contribution in [0.1, 0.15) is 23.6 Å². The molecule has 44 heavy (non-hydrogen) atoms. The maximum atomic E-state index is 14.4. The summed E-state index contributed by atoms with van der Waals surface area (Å²) in [6, 6.07) is 25.9. The van der Waals surface area contributed by atoms with E-state index in [0.717, 1.165) is 15.4 Å². The molecule has 0 spiro atoms. The Bertz CT molecular complexity index is 1720. The van der Waals surface area contributed by atoms with Gasteiger partial charge in [0.05, 0.1) is 20.6 Å². The van der Waals surface area contributed by atoms with Gasteiger partial charge in [-0.15, -0.1) is 0 Å². The fourth-order valence-corrected chi connectivity index (χ4v) is 6.59.